The van der Waals surface area contributed by atoms with Crippen molar-refractivity contribution >= 4 is 39.2 Å². The van der Waals surface area contributed by atoms with Crippen molar-refractivity contribution in [3.8, 4) is 0 Å². The van der Waals surface area contributed by atoms with Crippen LogP contribution in [0.25, 0.3) is 0 Å². The van der Waals surface area contributed by atoms with Crippen molar-refractivity contribution in [2.75, 3.05) is 24.7 Å². The zero-order chi connectivity index (χ0) is 16.8. The summed E-state index contributed by atoms with van der Waals surface area (Å²) >= 11 is 0. The molecule has 2 unspecified atom stereocenters. The van der Waals surface area contributed by atoms with Gasteiger partial charge in [-0.1, -0.05) is 74.5 Å². The number of rotatable bonds is 15. The molecule has 0 aromatic heterocycles. The van der Waals surface area contributed by atoms with Crippen molar-refractivity contribution in [2.24, 2.45) is 0 Å². The van der Waals surface area contributed by atoms with E-state index in [1.165, 1.54) is 25.7 Å². The minimum absolute atomic E-state index is 0.528. The molecule has 0 bridgehead atoms. The van der Waals surface area contributed by atoms with Crippen LogP contribution in [-0.2, 0) is 9.47 Å². The van der Waals surface area contributed by atoms with Gasteiger partial charge in [0, 0.05) is 24.7 Å². The van der Waals surface area contributed by atoms with Gasteiger partial charge in [0.2, 0.25) is 0 Å². The van der Waals surface area contributed by atoms with E-state index < -0.39 is 17.6 Å². The molecule has 0 aliphatic carbocycles. The van der Waals surface area contributed by atoms with E-state index in [-0.39, 0.29) is 0 Å². The molecule has 0 rings (SSSR count). The van der Waals surface area contributed by atoms with Crippen LogP contribution in [0.15, 0.2) is 0 Å². The predicted octanol–water partition coefficient (Wildman–Crippen LogP) is 4.79. The summed E-state index contributed by atoms with van der Waals surface area (Å²) in [6.07, 6.45) is 4.84. The second-order valence-electron chi connectivity index (χ2n) is 6.58. The highest BCUT2D eigenvalue weighted by molar-refractivity contribution is 8.76. The standard InChI is InChI=1S/C16H38O2S2Si2/c1-7-9-11-17-15(21(3)4)13-19-20-14-16(22(5)6)18-12-10-8-2/h15-16,21-22H,7-14H2,1-6H3. The Hall–Kier alpha value is 1.05. The third-order valence-electron chi connectivity index (χ3n) is 3.69. The van der Waals surface area contributed by atoms with Gasteiger partial charge in [-0.15, -0.1) is 0 Å². The van der Waals surface area contributed by atoms with Gasteiger partial charge < -0.3 is 9.47 Å². The molecule has 0 heterocycles. The maximum Gasteiger partial charge on any atom is 0.0667 e. The first-order valence-electron chi connectivity index (χ1n) is 9.00. The Morgan fingerprint density at radius 3 is 1.36 bits per heavy atom. The van der Waals surface area contributed by atoms with Gasteiger partial charge in [0.05, 0.1) is 29.0 Å². The van der Waals surface area contributed by atoms with E-state index >= 15 is 0 Å². The molecular formula is C16H38O2S2Si2. The molecule has 2 atom stereocenters. The van der Waals surface area contributed by atoms with Gasteiger partial charge in [-0.2, -0.15) is 0 Å². The SMILES string of the molecule is CCCCOC(CSSCC(OCCCC)[SiH](C)C)[SiH](C)C. The Bertz CT molecular complexity index is 220. The number of unbranched alkanes of at least 4 members (excludes halogenated alkanes) is 2. The predicted molar refractivity (Wildman–Crippen MR) is 112 cm³/mol. The molecule has 0 saturated carbocycles. The van der Waals surface area contributed by atoms with E-state index in [4.69, 9.17) is 9.47 Å². The molecule has 0 fully saturated rings. The molecule has 0 aromatic carbocycles. The second-order valence-corrected chi connectivity index (χ2v) is 15.6. The Labute approximate surface area is 150 Å². The number of ether oxygens (including phenoxy) is 2. The average Bonchev–Trinajstić information content (AvgIpc) is 2.47. The highest BCUT2D eigenvalue weighted by Crippen LogP contribution is 2.26. The van der Waals surface area contributed by atoms with Crippen molar-refractivity contribution < 1.29 is 9.47 Å². The largest absolute Gasteiger partial charge is 0.381 e. The molecule has 0 radical (unpaired) electrons. The molecule has 22 heavy (non-hydrogen) atoms. The van der Waals surface area contributed by atoms with Gasteiger partial charge in [0.15, 0.2) is 0 Å². The third kappa shape index (κ3) is 12.5. The van der Waals surface area contributed by atoms with Crippen molar-refractivity contribution in [3.05, 3.63) is 0 Å². The molecule has 0 aliphatic heterocycles. The van der Waals surface area contributed by atoms with Crippen LogP contribution in [0.2, 0.25) is 26.2 Å². The Kier molecular flexibility index (Phi) is 16.3. The maximum absolute atomic E-state index is 6.08. The third-order valence-corrected chi connectivity index (χ3v) is 10.6. The van der Waals surface area contributed by atoms with Crippen LogP contribution >= 0.6 is 21.6 Å². The molecule has 134 valence electrons. The van der Waals surface area contributed by atoms with Gasteiger partial charge in [-0.3, -0.25) is 0 Å². The summed E-state index contributed by atoms with van der Waals surface area (Å²) in [6, 6.07) is 0. The Balaban J connectivity index is 3.92. The summed E-state index contributed by atoms with van der Waals surface area (Å²) < 4.78 is 12.2. The van der Waals surface area contributed by atoms with E-state index in [2.05, 4.69) is 40.0 Å². The van der Waals surface area contributed by atoms with Crippen LogP contribution < -0.4 is 0 Å². The zero-order valence-corrected chi connectivity index (χ0v) is 19.5. The molecular weight excluding hydrogens is 344 g/mol. The lowest BCUT2D eigenvalue weighted by molar-refractivity contribution is 0.114. The topological polar surface area (TPSA) is 18.5 Å². The summed E-state index contributed by atoms with van der Waals surface area (Å²) in [4.78, 5) is 0. The summed E-state index contributed by atoms with van der Waals surface area (Å²) in [5, 5.41) is 0. The molecule has 0 aromatic rings. The smallest absolute Gasteiger partial charge is 0.0667 e. The summed E-state index contributed by atoms with van der Waals surface area (Å²) in [5.41, 5.74) is 1.06. The van der Waals surface area contributed by atoms with E-state index in [9.17, 15) is 0 Å². The lowest BCUT2D eigenvalue weighted by Gasteiger charge is -2.22. The van der Waals surface area contributed by atoms with Crippen LogP contribution in [0.3, 0.4) is 0 Å². The minimum atomic E-state index is -0.717. The minimum Gasteiger partial charge on any atom is -0.381 e. The van der Waals surface area contributed by atoms with Crippen LogP contribution in [0.5, 0.6) is 0 Å². The normalized spacial score (nSPS) is 14.7. The molecule has 6 heteroatoms. The van der Waals surface area contributed by atoms with Gasteiger partial charge in [-0.05, 0) is 12.8 Å². The maximum atomic E-state index is 6.08. The lowest BCUT2D eigenvalue weighted by atomic mass is 10.4. The highest BCUT2D eigenvalue weighted by atomic mass is 33.1. The molecule has 0 N–H and O–H groups in total. The monoisotopic (exact) mass is 382 g/mol. The van der Waals surface area contributed by atoms with Gasteiger partial charge in [0.1, 0.15) is 0 Å². The van der Waals surface area contributed by atoms with E-state index in [1.54, 1.807) is 0 Å². The quantitative estimate of drug-likeness (QED) is 0.230. The molecule has 0 spiro atoms. The first-order chi connectivity index (χ1) is 10.5. The Morgan fingerprint density at radius 2 is 1.09 bits per heavy atom. The van der Waals surface area contributed by atoms with Crippen LogP contribution in [0.1, 0.15) is 39.5 Å². The average molecular weight is 383 g/mol. The second kappa shape index (κ2) is 15.6. The molecule has 2 nitrogen and oxygen atoms in total. The van der Waals surface area contributed by atoms with Gasteiger partial charge in [-0.25, -0.2) is 0 Å². The van der Waals surface area contributed by atoms with Gasteiger partial charge in [0.25, 0.3) is 0 Å². The fourth-order valence-corrected chi connectivity index (χ4v) is 9.43. The van der Waals surface area contributed by atoms with Crippen molar-refractivity contribution in [1.82, 2.24) is 0 Å². The van der Waals surface area contributed by atoms with Crippen LogP contribution in [-0.4, -0.2) is 53.8 Å². The van der Waals surface area contributed by atoms with Crippen molar-refractivity contribution in [2.45, 2.75) is 77.2 Å². The summed E-state index contributed by atoms with van der Waals surface area (Å²) in [5.74, 6) is 2.30. The van der Waals surface area contributed by atoms with Crippen molar-refractivity contribution in [1.29, 1.82) is 0 Å². The number of hydrogen-bond acceptors (Lipinski definition) is 4. The number of hydrogen-bond donors (Lipinski definition) is 0. The van der Waals surface area contributed by atoms with E-state index in [0.717, 1.165) is 24.7 Å². The lowest BCUT2D eigenvalue weighted by Crippen LogP contribution is -2.32. The van der Waals surface area contributed by atoms with E-state index in [1.807, 2.05) is 21.6 Å². The fraction of sp³-hybridized carbons (Fsp3) is 1.00. The zero-order valence-electron chi connectivity index (χ0n) is 15.6. The first kappa shape index (κ1) is 23.1. The molecule has 0 aliphatic rings. The highest BCUT2D eigenvalue weighted by Gasteiger charge is 2.18. The fourth-order valence-electron chi connectivity index (χ4n) is 1.85. The molecule has 0 saturated heterocycles. The Morgan fingerprint density at radius 1 is 0.727 bits per heavy atom. The first-order valence-corrected chi connectivity index (χ1v) is 17.4. The van der Waals surface area contributed by atoms with Crippen molar-refractivity contribution in [3.63, 3.8) is 0 Å². The summed E-state index contributed by atoms with van der Waals surface area (Å²) in [7, 11) is 2.57. The summed E-state index contributed by atoms with van der Waals surface area (Å²) in [6.45, 7) is 15.9. The van der Waals surface area contributed by atoms with E-state index in [0.29, 0.717) is 11.5 Å². The molecule has 0 amide bonds. The van der Waals surface area contributed by atoms with Crippen LogP contribution in [0.4, 0.5) is 0 Å². The van der Waals surface area contributed by atoms with Gasteiger partial charge >= 0.3 is 0 Å². The van der Waals surface area contributed by atoms with Crippen LogP contribution in [0, 0.1) is 0 Å².